The third kappa shape index (κ3) is 3.26. The molecular formula is C10H15BrN2O2S. The zero-order valence-electron chi connectivity index (χ0n) is 9.22. The maximum Gasteiger partial charge on any atom is 0.239 e. The van der Waals surface area contributed by atoms with Crippen molar-refractivity contribution in [2.24, 2.45) is 5.14 Å². The summed E-state index contributed by atoms with van der Waals surface area (Å²) in [6.07, 6.45) is 2.29. The van der Waals surface area contributed by atoms with Crippen LogP contribution in [-0.4, -0.2) is 18.2 Å². The van der Waals surface area contributed by atoms with E-state index in [1.54, 1.807) is 6.07 Å². The highest BCUT2D eigenvalue weighted by Gasteiger charge is 2.16. The molecule has 4 nitrogen and oxygen atoms in total. The van der Waals surface area contributed by atoms with Gasteiger partial charge in [-0.1, -0.05) is 29.8 Å². The Labute approximate surface area is 104 Å². The zero-order chi connectivity index (χ0) is 12.3. The highest BCUT2D eigenvalue weighted by molar-refractivity contribution is 9.09. The molecule has 1 aromatic heterocycles. The number of halogens is 1. The lowest BCUT2D eigenvalue weighted by atomic mass is 10.0. The van der Waals surface area contributed by atoms with Crippen LogP contribution in [-0.2, 0) is 10.0 Å². The van der Waals surface area contributed by atoms with Crippen molar-refractivity contribution in [1.82, 2.24) is 4.98 Å². The maximum atomic E-state index is 11.0. The van der Waals surface area contributed by atoms with Gasteiger partial charge in [-0.25, -0.2) is 13.6 Å². The van der Waals surface area contributed by atoms with Gasteiger partial charge in [0.15, 0.2) is 0 Å². The zero-order valence-corrected chi connectivity index (χ0v) is 11.6. The van der Waals surface area contributed by atoms with E-state index in [4.69, 9.17) is 5.14 Å². The van der Waals surface area contributed by atoms with Crippen molar-refractivity contribution in [3.63, 3.8) is 0 Å². The van der Waals surface area contributed by atoms with Crippen molar-refractivity contribution in [2.45, 2.75) is 35.9 Å². The number of hydrogen-bond acceptors (Lipinski definition) is 3. The van der Waals surface area contributed by atoms with Crippen LogP contribution in [0.2, 0.25) is 0 Å². The van der Waals surface area contributed by atoms with E-state index in [0.29, 0.717) is 4.83 Å². The van der Waals surface area contributed by atoms with Crippen molar-refractivity contribution in [3.8, 4) is 0 Å². The molecule has 16 heavy (non-hydrogen) atoms. The van der Waals surface area contributed by atoms with Crippen molar-refractivity contribution in [1.29, 1.82) is 0 Å². The number of sulfonamides is 1. The van der Waals surface area contributed by atoms with E-state index in [9.17, 15) is 8.42 Å². The summed E-state index contributed by atoms with van der Waals surface area (Å²) in [5.41, 5.74) is 0.858. The molecule has 0 aliphatic carbocycles. The minimum Gasteiger partial charge on any atom is -0.260 e. The first kappa shape index (κ1) is 13.6. The van der Waals surface area contributed by atoms with Gasteiger partial charge in [0.2, 0.25) is 10.0 Å². The second-order valence-corrected chi connectivity index (χ2v) is 6.41. The monoisotopic (exact) mass is 306 g/mol. The van der Waals surface area contributed by atoms with Gasteiger partial charge in [0.05, 0.1) is 0 Å². The Bertz CT molecular complexity index is 444. The molecule has 0 aliphatic heterocycles. The first-order valence-corrected chi connectivity index (χ1v) is 7.45. The van der Waals surface area contributed by atoms with Crippen LogP contribution in [0.25, 0.3) is 0 Å². The van der Waals surface area contributed by atoms with Crippen LogP contribution >= 0.6 is 15.9 Å². The SMILES string of the molecule is CCC(Br)C(C)c1ccc(S(N)(=O)=O)cn1. The number of nitrogens with zero attached hydrogens (tertiary/aromatic N) is 1. The number of hydrogen-bond donors (Lipinski definition) is 1. The average Bonchev–Trinajstić information content (AvgIpc) is 2.26. The molecule has 0 spiro atoms. The number of pyridine rings is 1. The summed E-state index contributed by atoms with van der Waals surface area (Å²) in [5, 5.41) is 4.99. The Balaban J connectivity index is 2.96. The van der Waals surface area contributed by atoms with Crippen molar-refractivity contribution >= 4 is 26.0 Å². The highest BCUT2D eigenvalue weighted by Crippen LogP contribution is 2.25. The van der Waals surface area contributed by atoms with Gasteiger partial charge in [-0.2, -0.15) is 0 Å². The van der Waals surface area contributed by atoms with Crippen LogP contribution in [0.15, 0.2) is 23.2 Å². The lowest BCUT2D eigenvalue weighted by molar-refractivity contribution is 0.596. The summed E-state index contributed by atoms with van der Waals surface area (Å²) in [7, 11) is -3.65. The number of alkyl halides is 1. The van der Waals surface area contributed by atoms with E-state index in [0.717, 1.165) is 12.1 Å². The van der Waals surface area contributed by atoms with Crippen LogP contribution in [0.1, 0.15) is 31.9 Å². The predicted molar refractivity (Wildman–Crippen MR) is 67.0 cm³/mol. The van der Waals surface area contributed by atoms with E-state index in [1.165, 1.54) is 12.3 Å². The van der Waals surface area contributed by atoms with Crippen LogP contribution in [0.3, 0.4) is 0 Å². The molecule has 0 aromatic carbocycles. The van der Waals surface area contributed by atoms with Gasteiger partial charge in [-0.3, -0.25) is 4.98 Å². The van der Waals surface area contributed by atoms with Crippen molar-refractivity contribution in [3.05, 3.63) is 24.0 Å². The normalized spacial score (nSPS) is 15.8. The minimum absolute atomic E-state index is 0.0473. The molecule has 6 heteroatoms. The molecule has 2 atom stereocenters. The predicted octanol–water partition coefficient (Wildman–Crippen LogP) is 2.01. The second-order valence-electron chi connectivity index (χ2n) is 3.68. The van der Waals surface area contributed by atoms with Crippen LogP contribution in [0.5, 0.6) is 0 Å². The minimum atomic E-state index is -3.65. The fraction of sp³-hybridized carbons (Fsp3) is 0.500. The topological polar surface area (TPSA) is 73.1 Å². The van der Waals surface area contributed by atoms with Gasteiger partial charge in [-0.15, -0.1) is 0 Å². The molecule has 0 aliphatic rings. The Morgan fingerprint density at radius 1 is 1.50 bits per heavy atom. The highest BCUT2D eigenvalue weighted by atomic mass is 79.9. The van der Waals surface area contributed by atoms with E-state index in [-0.39, 0.29) is 10.8 Å². The number of rotatable bonds is 4. The fourth-order valence-corrected chi connectivity index (χ4v) is 2.10. The Kier molecular flexibility index (Phi) is 4.46. The quantitative estimate of drug-likeness (QED) is 0.865. The van der Waals surface area contributed by atoms with Gasteiger partial charge in [0, 0.05) is 22.6 Å². The Hall–Kier alpha value is -0.460. The van der Waals surface area contributed by atoms with E-state index >= 15 is 0 Å². The molecular weight excluding hydrogens is 292 g/mol. The van der Waals surface area contributed by atoms with Crippen LogP contribution in [0, 0.1) is 0 Å². The molecule has 0 saturated heterocycles. The molecule has 1 heterocycles. The smallest absolute Gasteiger partial charge is 0.239 e. The average molecular weight is 307 g/mol. The molecule has 0 bridgehead atoms. The lowest BCUT2D eigenvalue weighted by Crippen LogP contribution is -2.14. The van der Waals surface area contributed by atoms with Gasteiger partial charge in [0.25, 0.3) is 0 Å². The molecule has 1 rings (SSSR count). The molecule has 2 N–H and O–H groups in total. The first-order valence-electron chi connectivity index (χ1n) is 4.99. The largest absolute Gasteiger partial charge is 0.260 e. The van der Waals surface area contributed by atoms with Crippen molar-refractivity contribution in [2.75, 3.05) is 0 Å². The standard InChI is InChI=1S/C10H15BrN2O2S/c1-3-9(11)7(2)10-5-4-8(6-13-10)16(12,14)15/h4-7,9H,3H2,1-2H3,(H2,12,14,15). The van der Waals surface area contributed by atoms with E-state index < -0.39 is 10.0 Å². The molecule has 90 valence electrons. The van der Waals surface area contributed by atoms with Gasteiger partial charge >= 0.3 is 0 Å². The van der Waals surface area contributed by atoms with Gasteiger partial charge < -0.3 is 0 Å². The summed E-state index contributed by atoms with van der Waals surface area (Å²) in [5.74, 6) is 0.236. The second kappa shape index (κ2) is 5.25. The Morgan fingerprint density at radius 2 is 2.12 bits per heavy atom. The van der Waals surface area contributed by atoms with E-state index in [2.05, 4.69) is 27.8 Å². The van der Waals surface area contributed by atoms with Crippen molar-refractivity contribution < 1.29 is 8.42 Å². The molecule has 0 saturated carbocycles. The van der Waals surface area contributed by atoms with Gasteiger partial charge in [0.1, 0.15) is 4.90 Å². The molecule has 1 aromatic rings. The molecule has 0 fully saturated rings. The number of nitrogens with two attached hydrogens (primary N) is 1. The summed E-state index contributed by atoms with van der Waals surface area (Å²) in [4.78, 5) is 4.51. The molecule has 2 unspecified atom stereocenters. The first-order chi connectivity index (χ1) is 7.36. The summed E-state index contributed by atoms with van der Waals surface area (Å²) < 4.78 is 22.1. The fourth-order valence-electron chi connectivity index (χ4n) is 1.37. The van der Waals surface area contributed by atoms with Gasteiger partial charge in [-0.05, 0) is 18.6 Å². The van der Waals surface area contributed by atoms with E-state index in [1.807, 2.05) is 6.92 Å². The van der Waals surface area contributed by atoms with Crippen LogP contribution in [0.4, 0.5) is 0 Å². The van der Waals surface area contributed by atoms with Crippen LogP contribution < -0.4 is 5.14 Å². The number of primary sulfonamides is 1. The number of aromatic nitrogens is 1. The Morgan fingerprint density at radius 3 is 2.50 bits per heavy atom. The molecule has 0 amide bonds. The summed E-state index contributed by atoms with van der Waals surface area (Å²) in [6, 6.07) is 3.19. The lowest BCUT2D eigenvalue weighted by Gasteiger charge is -2.16. The summed E-state index contributed by atoms with van der Waals surface area (Å²) >= 11 is 3.55. The third-order valence-corrected chi connectivity index (χ3v) is 4.83. The third-order valence-electron chi connectivity index (χ3n) is 2.49. The molecule has 0 radical (unpaired) electrons. The summed E-state index contributed by atoms with van der Waals surface area (Å²) in [6.45, 7) is 4.12. The maximum absolute atomic E-state index is 11.0.